The summed E-state index contributed by atoms with van der Waals surface area (Å²) in [6.45, 7) is 1.15. The quantitative estimate of drug-likeness (QED) is 0.677. The SMILES string of the molecule is OC(CCOCc1ccccc1)c1csc2ccccc12. The van der Waals surface area contributed by atoms with E-state index in [0.717, 1.165) is 16.5 Å². The molecule has 0 saturated heterocycles. The summed E-state index contributed by atoms with van der Waals surface area (Å²) in [5.74, 6) is 0. The minimum Gasteiger partial charge on any atom is -0.388 e. The molecule has 0 bridgehead atoms. The van der Waals surface area contributed by atoms with Crippen molar-refractivity contribution in [1.82, 2.24) is 0 Å². The molecule has 21 heavy (non-hydrogen) atoms. The molecule has 0 radical (unpaired) electrons. The van der Waals surface area contributed by atoms with Crippen molar-refractivity contribution in [2.24, 2.45) is 0 Å². The molecule has 0 amide bonds. The molecule has 3 heteroatoms. The summed E-state index contributed by atoms with van der Waals surface area (Å²) in [6.07, 6.45) is 0.157. The van der Waals surface area contributed by atoms with Crippen LogP contribution in [0, 0.1) is 0 Å². The van der Waals surface area contributed by atoms with Crippen LogP contribution in [0.4, 0.5) is 0 Å². The zero-order valence-corrected chi connectivity index (χ0v) is 12.6. The van der Waals surface area contributed by atoms with Gasteiger partial charge in [0.15, 0.2) is 0 Å². The van der Waals surface area contributed by atoms with Gasteiger partial charge in [-0.1, -0.05) is 48.5 Å². The van der Waals surface area contributed by atoms with E-state index in [2.05, 4.69) is 12.1 Å². The first-order valence-electron chi connectivity index (χ1n) is 7.10. The van der Waals surface area contributed by atoms with Crippen molar-refractivity contribution < 1.29 is 9.84 Å². The molecular weight excluding hydrogens is 280 g/mol. The fourth-order valence-electron chi connectivity index (χ4n) is 2.37. The fourth-order valence-corrected chi connectivity index (χ4v) is 3.38. The lowest BCUT2D eigenvalue weighted by Crippen LogP contribution is -2.03. The number of rotatable bonds is 6. The lowest BCUT2D eigenvalue weighted by Gasteiger charge is -2.10. The topological polar surface area (TPSA) is 29.5 Å². The molecule has 3 aromatic rings. The van der Waals surface area contributed by atoms with Crippen molar-refractivity contribution in [3.8, 4) is 0 Å². The van der Waals surface area contributed by atoms with Crippen molar-refractivity contribution in [3.63, 3.8) is 0 Å². The first-order chi connectivity index (χ1) is 10.3. The van der Waals surface area contributed by atoms with Crippen LogP contribution in [0.1, 0.15) is 23.7 Å². The number of hydrogen-bond acceptors (Lipinski definition) is 3. The van der Waals surface area contributed by atoms with Crippen LogP contribution in [0.2, 0.25) is 0 Å². The molecular formula is C18H18O2S. The summed E-state index contributed by atoms with van der Waals surface area (Å²) >= 11 is 1.68. The number of benzene rings is 2. The summed E-state index contributed by atoms with van der Waals surface area (Å²) in [5.41, 5.74) is 2.17. The van der Waals surface area contributed by atoms with E-state index in [1.54, 1.807) is 11.3 Å². The molecule has 0 spiro atoms. The Labute approximate surface area is 128 Å². The Bertz CT molecular complexity index is 691. The van der Waals surface area contributed by atoms with Gasteiger partial charge in [0.1, 0.15) is 0 Å². The van der Waals surface area contributed by atoms with E-state index < -0.39 is 6.10 Å². The van der Waals surface area contributed by atoms with E-state index in [9.17, 15) is 5.11 Å². The van der Waals surface area contributed by atoms with Crippen LogP contribution in [-0.2, 0) is 11.3 Å². The largest absolute Gasteiger partial charge is 0.388 e. The molecule has 1 atom stereocenters. The van der Waals surface area contributed by atoms with Gasteiger partial charge in [-0.3, -0.25) is 0 Å². The van der Waals surface area contributed by atoms with Gasteiger partial charge >= 0.3 is 0 Å². The molecule has 0 aliphatic carbocycles. The van der Waals surface area contributed by atoms with E-state index in [0.29, 0.717) is 19.6 Å². The Morgan fingerprint density at radius 1 is 1.00 bits per heavy atom. The van der Waals surface area contributed by atoms with Gasteiger partial charge in [-0.05, 0) is 28.0 Å². The number of ether oxygens (including phenoxy) is 1. The third kappa shape index (κ3) is 3.50. The first-order valence-corrected chi connectivity index (χ1v) is 7.98. The summed E-state index contributed by atoms with van der Waals surface area (Å²) < 4.78 is 6.86. The predicted molar refractivity (Wildman–Crippen MR) is 87.5 cm³/mol. The van der Waals surface area contributed by atoms with Gasteiger partial charge in [-0.2, -0.15) is 0 Å². The molecule has 0 aliphatic heterocycles. The summed E-state index contributed by atoms with van der Waals surface area (Å²) in [5, 5.41) is 13.5. The van der Waals surface area contributed by atoms with Crippen LogP contribution in [-0.4, -0.2) is 11.7 Å². The van der Waals surface area contributed by atoms with Crippen LogP contribution in [0.3, 0.4) is 0 Å². The molecule has 2 nitrogen and oxygen atoms in total. The first kappa shape index (κ1) is 14.3. The van der Waals surface area contributed by atoms with Gasteiger partial charge in [0, 0.05) is 17.7 Å². The maximum Gasteiger partial charge on any atom is 0.0826 e. The number of aliphatic hydroxyl groups excluding tert-OH is 1. The highest BCUT2D eigenvalue weighted by atomic mass is 32.1. The molecule has 0 saturated carbocycles. The molecule has 1 N–H and O–H groups in total. The zero-order valence-electron chi connectivity index (χ0n) is 11.7. The summed E-state index contributed by atoms with van der Waals surface area (Å²) in [6, 6.07) is 18.3. The minimum absolute atomic E-state index is 0.461. The van der Waals surface area contributed by atoms with Gasteiger partial charge in [0.25, 0.3) is 0 Å². The Morgan fingerprint density at radius 2 is 1.76 bits per heavy atom. The van der Waals surface area contributed by atoms with Crippen LogP contribution in [0.25, 0.3) is 10.1 Å². The second kappa shape index (κ2) is 6.85. The second-order valence-corrected chi connectivity index (χ2v) is 5.94. The van der Waals surface area contributed by atoms with E-state index in [-0.39, 0.29) is 0 Å². The molecule has 1 heterocycles. The normalized spacial score (nSPS) is 12.6. The maximum absolute atomic E-state index is 10.3. The Kier molecular flexibility index (Phi) is 4.65. The average molecular weight is 298 g/mol. The van der Waals surface area contributed by atoms with Gasteiger partial charge in [-0.25, -0.2) is 0 Å². The van der Waals surface area contributed by atoms with Gasteiger partial charge in [0.05, 0.1) is 12.7 Å². The van der Waals surface area contributed by atoms with Crippen LogP contribution < -0.4 is 0 Å². The third-order valence-corrected chi connectivity index (χ3v) is 4.50. The van der Waals surface area contributed by atoms with Crippen molar-refractivity contribution in [2.45, 2.75) is 19.1 Å². The van der Waals surface area contributed by atoms with Crippen molar-refractivity contribution in [3.05, 3.63) is 71.1 Å². The van der Waals surface area contributed by atoms with E-state index in [1.165, 1.54) is 4.70 Å². The van der Waals surface area contributed by atoms with Gasteiger partial charge in [0.2, 0.25) is 0 Å². The number of hydrogen-bond donors (Lipinski definition) is 1. The third-order valence-electron chi connectivity index (χ3n) is 3.52. The fraction of sp³-hybridized carbons (Fsp3) is 0.222. The second-order valence-electron chi connectivity index (χ2n) is 5.03. The molecule has 1 unspecified atom stereocenters. The van der Waals surface area contributed by atoms with Crippen LogP contribution in [0.5, 0.6) is 0 Å². The van der Waals surface area contributed by atoms with Gasteiger partial charge in [-0.15, -0.1) is 11.3 Å². The zero-order chi connectivity index (χ0) is 14.5. The van der Waals surface area contributed by atoms with Crippen LogP contribution >= 0.6 is 11.3 Å². The average Bonchev–Trinajstić information content (AvgIpc) is 2.96. The molecule has 1 aromatic heterocycles. The predicted octanol–water partition coefficient (Wildman–Crippen LogP) is 4.54. The maximum atomic E-state index is 10.3. The summed E-state index contributed by atoms with van der Waals surface area (Å²) in [7, 11) is 0. The highest BCUT2D eigenvalue weighted by molar-refractivity contribution is 7.17. The number of fused-ring (bicyclic) bond motifs is 1. The number of aliphatic hydroxyl groups is 1. The lowest BCUT2D eigenvalue weighted by molar-refractivity contribution is 0.0740. The van der Waals surface area contributed by atoms with Crippen molar-refractivity contribution >= 4 is 21.4 Å². The summed E-state index contributed by atoms with van der Waals surface area (Å²) in [4.78, 5) is 0. The Morgan fingerprint density at radius 3 is 2.62 bits per heavy atom. The molecule has 0 aliphatic rings. The van der Waals surface area contributed by atoms with Crippen molar-refractivity contribution in [2.75, 3.05) is 6.61 Å². The Hall–Kier alpha value is -1.68. The van der Waals surface area contributed by atoms with E-state index >= 15 is 0 Å². The number of thiophene rings is 1. The highest BCUT2D eigenvalue weighted by Crippen LogP contribution is 2.31. The van der Waals surface area contributed by atoms with E-state index in [4.69, 9.17) is 4.74 Å². The standard InChI is InChI=1S/C18H18O2S/c19-17(10-11-20-12-14-6-2-1-3-7-14)16-13-21-18-9-5-4-8-15(16)18/h1-9,13,17,19H,10-12H2. The van der Waals surface area contributed by atoms with Crippen LogP contribution in [0.15, 0.2) is 60.0 Å². The van der Waals surface area contributed by atoms with Crippen molar-refractivity contribution in [1.29, 1.82) is 0 Å². The lowest BCUT2D eigenvalue weighted by atomic mass is 10.1. The molecule has 108 valence electrons. The van der Waals surface area contributed by atoms with E-state index in [1.807, 2.05) is 47.8 Å². The molecule has 0 fully saturated rings. The Balaban J connectivity index is 1.53. The highest BCUT2D eigenvalue weighted by Gasteiger charge is 2.12. The smallest absolute Gasteiger partial charge is 0.0826 e. The monoisotopic (exact) mass is 298 g/mol. The molecule has 2 aromatic carbocycles. The van der Waals surface area contributed by atoms with Gasteiger partial charge < -0.3 is 9.84 Å². The molecule has 3 rings (SSSR count). The minimum atomic E-state index is -0.461.